The number of hydrogen-bond donors (Lipinski definition) is 3. The number of amides is 2. The highest BCUT2D eigenvalue weighted by atomic mass is 32.2. The summed E-state index contributed by atoms with van der Waals surface area (Å²) in [6, 6.07) is 1.82. The van der Waals surface area contributed by atoms with Gasteiger partial charge in [-0.25, -0.2) is 9.78 Å². The molecule has 28 heavy (non-hydrogen) atoms. The molecule has 1 aromatic heterocycles. The van der Waals surface area contributed by atoms with E-state index in [2.05, 4.69) is 32.9 Å². The molecule has 2 amide bonds. The van der Waals surface area contributed by atoms with Gasteiger partial charge in [-0.15, -0.1) is 15.7 Å². The first kappa shape index (κ1) is 19.4. The quantitative estimate of drug-likeness (QED) is 0.704. The van der Waals surface area contributed by atoms with Crippen LogP contribution < -0.4 is 10.5 Å². The topological polar surface area (TPSA) is 101 Å². The summed E-state index contributed by atoms with van der Waals surface area (Å²) in [5.41, 5.74) is 5.31. The van der Waals surface area contributed by atoms with Gasteiger partial charge >= 0.3 is 6.03 Å². The number of aryl methyl sites for hydroxylation is 2. The van der Waals surface area contributed by atoms with Crippen LogP contribution in [-0.2, 0) is 35.7 Å². The largest absolute Gasteiger partial charge is 0.384 e. The van der Waals surface area contributed by atoms with Crippen molar-refractivity contribution in [3.63, 3.8) is 0 Å². The van der Waals surface area contributed by atoms with E-state index >= 15 is 0 Å². The number of hydrogen-bond acceptors (Lipinski definition) is 4. The lowest BCUT2D eigenvalue weighted by Gasteiger charge is -2.15. The maximum Gasteiger partial charge on any atom is 0.352 e. The van der Waals surface area contributed by atoms with Crippen LogP contribution >= 0.6 is 11.3 Å². The van der Waals surface area contributed by atoms with Crippen molar-refractivity contribution in [1.82, 2.24) is 4.98 Å². The molecule has 2 aliphatic carbocycles. The zero-order valence-electron chi connectivity index (χ0n) is 16.2. The molecule has 1 heterocycles. The Labute approximate surface area is 171 Å². The van der Waals surface area contributed by atoms with Crippen LogP contribution in [0.1, 0.15) is 53.1 Å². The van der Waals surface area contributed by atoms with E-state index < -0.39 is 22.5 Å². The molecular formula is C20H24N4O2S2. The minimum atomic E-state index is -1.17. The molecule has 2 aromatic rings. The monoisotopic (exact) mass is 416 g/mol. The van der Waals surface area contributed by atoms with Crippen LogP contribution in [0.15, 0.2) is 20.8 Å². The molecule has 148 valence electrons. The number of nitrogens with two attached hydrogens (primary N) is 1. The number of nitrogens with zero attached hydrogens (tertiary/aromatic N) is 2. The Kier molecular flexibility index (Phi) is 4.99. The van der Waals surface area contributed by atoms with Crippen LogP contribution in [0, 0.1) is 6.92 Å². The zero-order valence-corrected chi connectivity index (χ0v) is 17.8. The van der Waals surface area contributed by atoms with E-state index in [9.17, 15) is 9.90 Å². The highest BCUT2D eigenvalue weighted by Gasteiger charge is 2.25. The molecule has 8 heteroatoms. The van der Waals surface area contributed by atoms with E-state index in [0.717, 1.165) is 41.8 Å². The summed E-state index contributed by atoms with van der Waals surface area (Å²) in [6.07, 6.45) is 8.24. The summed E-state index contributed by atoms with van der Waals surface area (Å²) in [4.78, 5) is 17.9. The van der Waals surface area contributed by atoms with Gasteiger partial charge in [-0.05, 0) is 63.1 Å². The average molecular weight is 417 g/mol. The number of benzene rings is 1. The summed E-state index contributed by atoms with van der Waals surface area (Å²) in [6.45, 7) is 5.25. The van der Waals surface area contributed by atoms with Gasteiger partial charge in [-0.3, -0.25) is 5.14 Å². The lowest BCUT2D eigenvalue weighted by molar-refractivity contribution is 0.0734. The van der Waals surface area contributed by atoms with Gasteiger partial charge in [0.1, 0.15) is 5.60 Å². The van der Waals surface area contributed by atoms with Crippen molar-refractivity contribution in [2.24, 2.45) is 9.50 Å². The molecule has 0 radical (unpaired) electrons. The van der Waals surface area contributed by atoms with E-state index in [1.54, 1.807) is 13.8 Å². The van der Waals surface area contributed by atoms with Crippen molar-refractivity contribution < 1.29 is 9.90 Å². The van der Waals surface area contributed by atoms with E-state index in [4.69, 9.17) is 5.14 Å². The van der Waals surface area contributed by atoms with Crippen molar-refractivity contribution in [3.05, 3.63) is 45.0 Å². The number of carbonyl (C=O) groups is 1. The Hall–Kier alpha value is -1.87. The Balaban J connectivity index is 1.61. The first-order chi connectivity index (χ1) is 13.2. The molecule has 0 saturated carbocycles. The highest BCUT2D eigenvalue weighted by molar-refractivity contribution is 7.87. The van der Waals surface area contributed by atoms with Gasteiger partial charge in [0.2, 0.25) is 0 Å². The molecule has 6 nitrogen and oxygen atoms in total. The van der Waals surface area contributed by atoms with Crippen LogP contribution in [0.25, 0.3) is 6.08 Å². The normalized spacial score (nSPS) is 16.3. The smallest absolute Gasteiger partial charge is 0.352 e. The molecular weight excluding hydrogens is 392 g/mol. The summed E-state index contributed by atoms with van der Waals surface area (Å²) >= 11 is 1.37. The number of rotatable bonds is 3. The molecule has 4 N–H and O–H groups in total. The molecule has 0 aliphatic heterocycles. The van der Waals surface area contributed by atoms with Crippen molar-refractivity contribution in [2.45, 2.75) is 56.4 Å². The fourth-order valence-corrected chi connectivity index (χ4v) is 6.02. The Bertz CT molecular complexity index is 1030. The number of thiazole rings is 1. The number of fused-ring (bicyclic) bond motifs is 2. The standard InChI is InChI=1S/C20H24N4O2S2/c1-11-17(20(2,3)26)23-19(27-11)28(21)24-18(25)22-16-14-8-4-6-12(14)10-13-7-5-9-15(13)16/h4,8,10,26H,5-7,9H2,1-3H3,(H3,21,22,24,25). The van der Waals surface area contributed by atoms with Crippen LogP contribution in [-0.4, -0.2) is 16.1 Å². The fraction of sp³-hybridized carbons (Fsp3) is 0.400. The van der Waals surface area contributed by atoms with Crippen LogP contribution in [0.4, 0.5) is 10.5 Å². The van der Waals surface area contributed by atoms with Crippen LogP contribution in [0.3, 0.4) is 0 Å². The second kappa shape index (κ2) is 7.18. The van der Waals surface area contributed by atoms with Gasteiger partial charge in [0.15, 0.2) is 4.34 Å². The third-order valence-corrected chi connectivity index (χ3v) is 7.44. The van der Waals surface area contributed by atoms with Crippen LogP contribution in [0.5, 0.6) is 0 Å². The van der Waals surface area contributed by atoms with E-state index in [0.29, 0.717) is 10.0 Å². The predicted molar refractivity (Wildman–Crippen MR) is 115 cm³/mol. The average Bonchev–Trinajstić information content (AvgIpc) is 3.32. The molecule has 4 rings (SSSR count). The number of carbonyl (C=O) groups excluding carboxylic acids is 1. The molecule has 1 unspecified atom stereocenters. The van der Waals surface area contributed by atoms with E-state index in [1.807, 2.05) is 6.92 Å². The zero-order chi connectivity index (χ0) is 20.1. The Morgan fingerprint density at radius 1 is 1.39 bits per heavy atom. The number of allylic oxidation sites excluding steroid dienone is 1. The van der Waals surface area contributed by atoms with Gasteiger partial charge in [0.05, 0.1) is 11.4 Å². The van der Waals surface area contributed by atoms with Crippen LogP contribution in [0.2, 0.25) is 0 Å². The third kappa shape index (κ3) is 3.57. The molecule has 1 aromatic carbocycles. The summed E-state index contributed by atoms with van der Waals surface area (Å²) in [5.74, 6) is 0. The maximum atomic E-state index is 12.6. The third-order valence-electron chi connectivity index (χ3n) is 5.10. The first-order valence-electron chi connectivity index (χ1n) is 9.30. The van der Waals surface area contributed by atoms with Gasteiger partial charge in [0.25, 0.3) is 0 Å². The molecule has 0 spiro atoms. The number of aliphatic hydroxyl groups is 1. The summed E-state index contributed by atoms with van der Waals surface area (Å²) in [7, 11) is -1.17. The lowest BCUT2D eigenvalue weighted by Crippen LogP contribution is -2.18. The SMILES string of the molecule is Cc1sc(/S(N)=N/C(=O)Nc2c3c(cc4c2CCC4)CC=C3)nc1C(C)(C)O. The van der Waals surface area contributed by atoms with Crippen molar-refractivity contribution in [3.8, 4) is 0 Å². The molecule has 0 bridgehead atoms. The lowest BCUT2D eigenvalue weighted by atomic mass is 9.98. The van der Waals surface area contributed by atoms with E-state index in [1.165, 1.54) is 28.0 Å². The molecule has 0 saturated heterocycles. The van der Waals surface area contributed by atoms with Gasteiger partial charge in [0, 0.05) is 21.3 Å². The number of anilines is 1. The first-order valence-corrected chi connectivity index (χ1v) is 11.4. The summed E-state index contributed by atoms with van der Waals surface area (Å²) < 4.78 is 4.68. The van der Waals surface area contributed by atoms with Crippen molar-refractivity contribution >= 4 is 40.0 Å². The highest BCUT2D eigenvalue weighted by Crippen LogP contribution is 2.38. The molecule has 0 fully saturated rings. The van der Waals surface area contributed by atoms with Gasteiger partial charge < -0.3 is 10.4 Å². The summed E-state index contributed by atoms with van der Waals surface area (Å²) in [5, 5.41) is 19.4. The molecule has 1 atom stereocenters. The number of urea groups is 1. The predicted octanol–water partition coefficient (Wildman–Crippen LogP) is 4.00. The number of nitrogens with one attached hydrogen (secondary N) is 1. The number of aromatic nitrogens is 1. The van der Waals surface area contributed by atoms with E-state index in [-0.39, 0.29) is 0 Å². The molecule has 2 aliphatic rings. The van der Waals surface area contributed by atoms with Crippen molar-refractivity contribution in [2.75, 3.05) is 5.32 Å². The second-order valence-corrected chi connectivity index (χ2v) is 10.4. The fourth-order valence-electron chi connectivity index (χ4n) is 3.92. The minimum absolute atomic E-state index is 0.453. The maximum absolute atomic E-state index is 12.6. The van der Waals surface area contributed by atoms with Gasteiger partial charge in [-0.1, -0.05) is 18.2 Å². The second-order valence-electron chi connectivity index (χ2n) is 7.70. The van der Waals surface area contributed by atoms with Crippen molar-refractivity contribution in [1.29, 1.82) is 0 Å². The Morgan fingerprint density at radius 3 is 2.89 bits per heavy atom. The van der Waals surface area contributed by atoms with Gasteiger partial charge in [-0.2, -0.15) is 0 Å². The Morgan fingerprint density at radius 2 is 2.18 bits per heavy atom. The minimum Gasteiger partial charge on any atom is -0.384 e.